The molecule has 1 saturated heterocycles. The van der Waals surface area contributed by atoms with Crippen LogP contribution in [0.3, 0.4) is 0 Å². The Kier molecular flexibility index (Phi) is 7.29. The lowest BCUT2D eigenvalue weighted by molar-refractivity contribution is -0.185. The van der Waals surface area contributed by atoms with Crippen molar-refractivity contribution in [2.75, 3.05) is 26.8 Å². The first-order valence-electron chi connectivity index (χ1n) is 11.0. The summed E-state index contributed by atoms with van der Waals surface area (Å²) in [6, 6.07) is 5.39. The van der Waals surface area contributed by atoms with Crippen molar-refractivity contribution in [2.45, 2.75) is 63.8 Å². The maximum atomic E-state index is 13.0. The van der Waals surface area contributed by atoms with Crippen molar-refractivity contribution in [3.8, 4) is 11.5 Å². The zero-order valence-corrected chi connectivity index (χ0v) is 18.7. The number of carbonyl (C=O) groups is 1. The zero-order valence-electron chi connectivity index (χ0n) is 18.7. The molecule has 2 N–H and O–H groups in total. The molecule has 2 fully saturated rings. The number of hydrogen-bond acceptors (Lipinski definition) is 5. The topological polar surface area (TPSA) is 79.2 Å². The Hall–Kier alpha value is -2.00. The minimum absolute atomic E-state index is 0.0388. The molecule has 0 radical (unpaired) electrons. The van der Waals surface area contributed by atoms with Gasteiger partial charge in [-0.1, -0.05) is 13.0 Å². The van der Waals surface area contributed by atoms with E-state index < -0.39 is 36.1 Å². The van der Waals surface area contributed by atoms with Crippen molar-refractivity contribution in [1.82, 2.24) is 4.90 Å². The Balaban J connectivity index is 1.82. The van der Waals surface area contributed by atoms with Gasteiger partial charge in [-0.05, 0) is 50.3 Å². The van der Waals surface area contributed by atoms with Crippen LogP contribution in [0, 0.1) is 11.3 Å². The fourth-order valence-electron chi connectivity index (χ4n) is 4.90. The molecule has 1 amide bonds. The molecule has 9 heteroatoms. The van der Waals surface area contributed by atoms with Crippen LogP contribution in [0.4, 0.5) is 13.2 Å². The first kappa shape index (κ1) is 24.6. The summed E-state index contributed by atoms with van der Waals surface area (Å²) in [6.45, 7) is 3.62. The Morgan fingerprint density at radius 2 is 1.91 bits per heavy atom. The highest BCUT2D eigenvalue weighted by molar-refractivity contribution is 5.77. The predicted octanol–water partition coefficient (Wildman–Crippen LogP) is 3.50. The molecule has 0 aromatic heterocycles. The van der Waals surface area contributed by atoms with Gasteiger partial charge >= 0.3 is 6.18 Å². The van der Waals surface area contributed by atoms with Crippen molar-refractivity contribution >= 4 is 5.91 Å². The number of methoxy groups -OCH3 is 1. The van der Waals surface area contributed by atoms with Crippen molar-refractivity contribution in [3.05, 3.63) is 23.8 Å². The number of alkyl halides is 3. The Morgan fingerprint density at radius 3 is 2.44 bits per heavy atom. The molecular weight excluding hydrogens is 427 g/mol. The quantitative estimate of drug-likeness (QED) is 0.681. The number of benzene rings is 1. The van der Waals surface area contributed by atoms with Crippen LogP contribution >= 0.6 is 0 Å². The Labute approximate surface area is 186 Å². The van der Waals surface area contributed by atoms with Gasteiger partial charge in [0.2, 0.25) is 5.91 Å². The standard InChI is InChI=1S/C23H32F3NO5/c1-14(29)22(2)13-27(21(30)12-28)11-18(22)15-4-9-19(31-3)20(10-15)32-17-7-5-16(6-8-17)23(24,25)26/h4,9-10,14,16-18,28-29H,5-8,11-13H2,1-3H3/t14-,16?,17?,18?,22?/m0/s1. The number of likely N-dealkylation sites (tertiary alicyclic amines) is 1. The molecule has 0 bridgehead atoms. The summed E-state index contributed by atoms with van der Waals surface area (Å²) in [5, 5.41) is 19.8. The molecule has 32 heavy (non-hydrogen) atoms. The highest BCUT2D eigenvalue weighted by atomic mass is 19.4. The molecule has 1 aliphatic heterocycles. The van der Waals surface area contributed by atoms with E-state index in [9.17, 15) is 28.2 Å². The molecule has 0 spiro atoms. The van der Waals surface area contributed by atoms with E-state index in [4.69, 9.17) is 9.47 Å². The van der Waals surface area contributed by atoms with Crippen LogP contribution in [0.15, 0.2) is 18.2 Å². The molecule has 6 nitrogen and oxygen atoms in total. The molecule has 1 aromatic rings. The summed E-state index contributed by atoms with van der Waals surface area (Å²) >= 11 is 0. The Morgan fingerprint density at radius 1 is 1.25 bits per heavy atom. The summed E-state index contributed by atoms with van der Waals surface area (Å²) in [5.74, 6) is -0.971. The van der Waals surface area contributed by atoms with E-state index in [0.717, 1.165) is 5.56 Å². The van der Waals surface area contributed by atoms with Crippen molar-refractivity contribution in [2.24, 2.45) is 11.3 Å². The number of nitrogens with zero attached hydrogens (tertiary/aromatic N) is 1. The third-order valence-corrected chi connectivity index (χ3v) is 7.19. The zero-order chi connectivity index (χ0) is 23.7. The van der Waals surface area contributed by atoms with Crippen molar-refractivity contribution < 1.29 is 37.7 Å². The SMILES string of the molecule is COc1ccc(C2CN(C(=O)CO)CC2(C)[C@H](C)O)cc1OC1CCC(C(F)(F)F)CC1. The average molecular weight is 460 g/mol. The first-order chi connectivity index (χ1) is 15.0. The van der Waals surface area contributed by atoms with E-state index in [-0.39, 0.29) is 24.9 Å². The van der Waals surface area contributed by atoms with Gasteiger partial charge in [-0.15, -0.1) is 0 Å². The lowest BCUT2D eigenvalue weighted by atomic mass is 9.72. The van der Waals surface area contributed by atoms with Crippen LogP contribution in [0.25, 0.3) is 0 Å². The van der Waals surface area contributed by atoms with Gasteiger partial charge in [-0.2, -0.15) is 13.2 Å². The predicted molar refractivity (Wildman–Crippen MR) is 112 cm³/mol. The number of aliphatic hydroxyl groups is 2. The number of rotatable bonds is 6. The van der Waals surface area contributed by atoms with Crippen LogP contribution in [-0.2, 0) is 4.79 Å². The third-order valence-electron chi connectivity index (χ3n) is 7.19. The summed E-state index contributed by atoms with van der Waals surface area (Å²) in [5.41, 5.74) is 0.197. The van der Waals surface area contributed by atoms with Crippen LogP contribution in [0.2, 0.25) is 0 Å². The number of aliphatic hydroxyl groups excluding tert-OH is 2. The molecule has 3 atom stereocenters. The smallest absolute Gasteiger partial charge is 0.391 e. The summed E-state index contributed by atoms with van der Waals surface area (Å²) in [6.07, 6.45) is -4.52. The van der Waals surface area contributed by atoms with E-state index in [1.807, 2.05) is 13.0 Å². The maximum Gasteiger partial charge on any atom is 0.391 e. The van der Waals surface area contributed by atoms with Gasteiger partial charge in [0.15, 0.2) is 11.5 Å². The molecule has 1 saturated carbocycles. The summed E-state index contributed by atoms with van der Waals surface area (Å²) < 4.78 is 50.4. The van der Waals surface area contributed by atoms with E-state index in [1.165, 1.54) is 7.11 Å². The van der Waals surface area contributed by atoms with E-state index in [1.54, 1.807) is 24.0 Å². The fourth-order valence-corrected chi connectivity index (χ4v) is 4.90. The van der Waals surface area contributed by atoms with Gasteiger partial charge in [-0.3, -0.25) is 4.79 Å². The molecule has 2 unspecified atom stereocenters. The second kappa shape index (κ2) is 9.47. The molecule has 1 aromatic carbocycles. The van der Waals surface area contributed by atoms with Crippen molar-refractivity contribution in [1.29, 1.82) is 0 Å². The molecule has 3 rings (SSSR count). The second-order valence-electron chi connectivity index (χ2n) is 9.21. The minimum atomic E-state index is -4.17. The monoisotopic (exact) mass is 459 g/mol. The minimum Gasteiger partial charge on any atom is -0.493 e. The van der Waals surface area contributed by atoms with Gasteiger partial charge in [0, 0.05) is 24.4 Å². The normalized spacial score (nSPS) is 29.6. The fraction of sp³-hybridized carbons (Fsp3) is 0.696. The Bertz CT molecular complexity index is 807. The van der Waals surface area contributed by atoms with Gasteiger partial charge in [-0.25, -0.2) is 0 Å². The summed E-state index contributed by atoms with van der Waals surface area (Å²) in [7, 11) is 1.50. The van der Waals surface area contributed by atoms with Crippen LogP contribution < -0.4 is 9.47 Å². The van der Waals surface area contributed by atoms with Crippen LogP contribution in [-0.4, -0.2) is 66.2 Å². The van der Waals surface area contributed by atoms with E-state index >= 15 is 0 Å². The number of carbonyl (C=O) groups excluding carboxylic acids is 1. The largest absolute Gasteiger partial charge is 0.493 e. The molecular formula is C23H32F3NO5. The maximum absolute atomic E-state index is 13.0. The van der Waals surface area contributed by atoms with E-state index in [2.05, 4.69) is 0 Å². The molecule has 2 aliphatic rings. The molecule has 180 valence electrons. The second-order valence-corrected chi connectivity index (χ2v) is 9.21. The molecule has 1 aliphatic carbocycles. The first-order valence-corrected chi connectivity index (χ1v) is 11.0. The average Bonchev–Trinajstić information content (AvgIpc) is 3.12. The lowest BCUT2D eigenvalue weighted by Gasteiger charge is -2.34. The third kappa shape index (κ3) is 4.98. The molecule has 1 heterocycles. The highest BCUT2D eigenvalue weighted by Gasteiger charge is 2.48. The van der Waals surface area contributed by atoms with Crippen LogP contribution in [0.5, 0.6) is 11.5 Å². The highest BCUT2D eigenvalue weighted by Crippen LogP contribution is 2.47. The van der Waals surface area contributed by atoms with Crippen LogP contribution in [0.1, 0.15) is 51.0 Å². The lowest BCUT2D eigenvalue weighted by Crippen LogP contribution is -2.38. The van der Waals surface area contributed by atoms with Gasteiger partial charge < -0.3 is 24.6 Å². The number of ether oxygens (including phenoxy) is 2. The number of halogens is 3. The van der Waals surface area contributed by atoms with Gasteiger partial charge in [0.25, 0.3) is 0 Å². The van der Waals surface area contributed by atoms with Crippen molar-refractivity contribution in [3.63, 3.8) is 0 Å². The van der Waals surface area contributed by atoms with Gasteiger partial charge in [0.1, 0.15) is 6.61 Å². The van der Waals surface area contributed by atoms with Gasteiger partial charge in [0.05, 0.1) is 25.2 Å². The summed E-state index contributed by atoms with van der Waals surface area (Å²) in [4.78, 5) is 13.6. The number of hydrogen-bond donors (Lipinski definition) is 2. The van der Waals surface area contributed by atoms with E-state index in [0.29, 0.717) is 37.4 Å². The number of amides is 1.